The third kappa shape index (κ3) is 2.60. The number of morpholine rings is 1. The average molecular weight is 262 g/mol. The van der Waals surface area contributed by atoms with E-state index in [0.29, 0.717) is 11.4 Å². The molecule has 0 radical (unpaired) electrons. The van der Waals surface area contributed by atoms with Gasteiger partial charge in [-0.2, -0.15) is 5.26 Å². The standard InChI is InChI=1S/C14H22N4O/c1-10(9-17-4-6-19-7-5-17)18-12(3)11(2)13(8-15)14(18)16/h10H,4-7,9,16H2,1-3H3. The van der Waals surface area contributed by atoms with E-state index in [1.807, 2.05) is 13.8 Å². The van der Waals surface area contributed by atoms with Crippen LogP contribution in [0.15, 0.2) is 0 Å². The van der Waals surface area contributed by atoms with Crippen LogP contribution in [-0.2, 0) is 4.74 Å². The lowest BCUT2D eigenvalue weighted by Crippen LogP contribution is -2.39. The van der Waals surface area contributed by atoms with Gasteiger partial charge in [-0.15, -0.1) is 0 Å². The van der Waals surface area contributed by atoms with Crippen molar-refractivity contribution in [1.29, 1.82) is 5.26 Å². The van der Waals surface area contributed by atoms with E-state index >= 15 is 0 Å². The number of rotatable bonds is 3. The fraction of sp³-hybridized carbons (Fsp3) is 0.643. The summed E-state index contributed by atoms with van der Waals surface area (Å²) in [5.74, 6) is 0.596. The van der Waals surface area contributed by atoms with Crippen LogP contribution >= 0.6 is 0 Å². The van der Waals surface area contributed by atoms with Crippen LogP contribution in [0.4, 0.5) is 5.82 Å². The number of nitrogens with zero attached hydrogens (tertiary/aromatic N) is 3. The Morgan fingerprint density at radius 1 is 1.37 bits per heavy atom. The fourth-order valence-electron chi connectivity index (χ4n) is 2.80. The molecular weight excluding hydrogens is 240 g/mol. The number of hydrogen-bond donors (Lipinski definition) is 1. The first-order valence-corrected chi connectivity index (χ1v) is 6.73. The van der Waals surface area contributed by atoms with Crippen LogP contribution < -0.4 is 5.73 Å². The molecule has 0 aliphatic carbocycles. The third-order valence-electron chi connectivity index (χ3n) is 3.97. The summed E-state index contributed by atoms with van der Waals surface area (Å²) in [7, 11) is 0. The summed E-state index contributed by atoms with van der Waals surface area (Å²) in [5, 5.41) is 9.17. The van der Waals surface area contributed by atoms with Crippen LogP contribution in [0.2, 0.25) is 0 Å². The van der Waals surface area contributed by atoms with Crippen molar-refractivity contribution >= 4 is 5.82 Å². The maximum Gasteiger partial charge on any atom is 0.122 e. The topological polar surface area (TPSA) is 67.2 Å². The molecule has 0 bridgehead atoms. The molecule has 1 fully saturated rings. The zero-order valence-corrected chi connectivity index (χ0v) is 11.9. The zero-order chi connectivity index (χ0) is 14.0. The number of nitrogens with two attached hydrogens (primary N) is 1. The SMILES string of the molecule is Cc1c(C#N)c(N)n(C(C)CN2CCOCC2)c1C. The molecule has 0 spiro atoms. The molecule has 2 rings (SSSR count). The molecular formula is C14H22N4O. The maximum atomic E-state index is 9.17. The highest BCUT2D eigenvalue weighted by Gasteiger charge is 2.21. The zero-order valence-electron chi connectivity index (χ0n) is 11.9. The molecule has 0 amide bonds. The molecule has 5 heteroatoms. The number of nitriles is 1. The first-order chi connectivity index (χ1) is 9.06. The number of nitrogen functional groups attached to an aromatic ring is 1. The molecule has 1 aliphatic heterocycles. The molecule has 0 aromatic carbocycles. The van der Waals surface area contributed by atoms with E-state index in [1.165, 1.54) is 0 Å². The monoisotopic (exact) mass is 262 g/mol. The minimum Gasteiger partial charge on any atom is -0.384 e. The van der Waals surface area contributed by atoms with Gasteiger partial charge in [-0.25, -0.2) is 0 Å². The molecule has 1 aliphatic rings. The van der Waals surface area contributed by atoms with Gasteiger partial charge in [-0.1, -0.05) is 0 Å². The largest absolute Gasteiger partial charge is 0.384 e. The molecule has 1 unspecified atom stereocenters. The smallest absolute Gasteiger partial charge is 0.122 e. The first-order valence-electron chi connectivity index (χ1n) is 6.73. The van der Waals surface area contributed by atoms with E-state index < -0.39 is 0 Å². The summed E-state index contributed by atoms with van der Waals surface area (Å²) in [6, 6.07) is 2.47. The second-order valence-electron chi connectivity index (χ2n) is 5.21. The van der Waals surface area contributed by atoms with Crippen LogP contribution in [0, 0.1) is 25.2 Å². The lowest BCUT2D eigenvalue weighted by atomic mass is 10.2. The van der Waals surface area contributed by atoms with E-state index in [4.69, 9.17) is 15.7 Å². The molecule has 0 saturated carbocycles. The van der Waals surface area contributed by atoms with Gasteiger partial charge in [0.2, 0.25) is 0 Å². The van der Waals surface area contributed by atoms with E-state index in [-0.39, 0.29) is 6.04 Å². The van der Waals surface area contributed by atoms with Crippen molar-refractivity contribution in [2.45, 2.75) is 26.8 Å². The third-order valence-corrected chi connectivity index (χ3v) is 3.97. The molecule has 1 aromatic heterocycles. The Balaban J connectivity index is 2.19. The van der Waals surface area contributed by atoms with Crippen LogP contribution in [-0.4, -0.2) is 42.3 Å². The lowest BCUT2D eigenvalue weighted by molar-refractivity contribution is 0.0326. The lowest BCUT2D eigenvalue weighted by Gasteiger charge is -2.30. The van der Waals surface area contributed by atoms with Crippen LogP contribution in [0.3, 0.4) is 0 Å². The van der Waals surface area contributed by atoms with E-state index in [2.05, 4.69) is 22.5 Å². The Kier molecular flexibility index (Phi) is 4.13. The Morgan fingerprint density at radius 2 is 2.00 bits per heavy atom. The van der Waals surface area contributed by atoms with Crippen molar-refractivity contribution in [1.82, 2.24) is 9.47 Å². The Morgan fingerprint density at radius 3 is 2.53 bits per heavy atom. The molecule has 19 heavy (non-hydrogen) atoms. The minimum absolute atomic E-state index is 0.263. The van der Waals surface area contributed by atoms with Crippen molar-refractivity contribution in [3.05, 3.63) is 16.8 Å². The van der Waals surface area contributed by atoms with Crippen LogP contribution in [0.1, 0.15) is 29.8 Å². The van der Waals surface area contributed by atoms with Crippen LogP contribution in [0.25, 0.3) is 0 Å². The van der Waals surface area contributed by atoms with Gasteiger partial charge in [0.1, 0.15) is 11.9 Å². The number of aromatic nitrogens is 1. The summed E-state index contributed by atoms with van der Waals surface area (Å²) < 4.78 is 7.45. The van der Waals surface area contributed by atoms with Gasteiger partial charge in [0.05, 0.1) is 18.8 Å². The number of anilines is 1. The predicted molar refractivity (Wildman–Crippen MR) is 75.0 cm³/mol. The molecule has 1 atom stereocenters. The van der Waals surface area contributed by atoms with E-state index in [0.717, 1.165) is 44.1 Å². The Labute approximate surface area is 114 Å². The molecule has 1 saturated heterocycles. The van der Waals surface area contributed by atoms with Gasteiger partial charge in [0.25, 0.3) is 0 Å². The number of ether oxygens (including phenoxy) is 1. The first kappa shape index (κ1) is 13.9. The number of hydrogen-bond acceptors (Lipinski definition) is 4. The Hall–Kier alpha value is -1.51. The van der Waals surface area contributed by atoms with Crippen molar-refractivity contribution < 1.29 is 4.74 Å². The van der Waals surface area contributed by atoms with Crippen molar-refractivity contribution in [2.75, 3.05) is 38.6 Å². The van der Waals surface area contributed by atoms with E-state index in [1.54, 1.807) is 0 Å². The minimum atomic E-state index is 0.263. The predicted octanol–water partition coefficient (Wildman–Crippen LogP) is 1.45. The summed E-state index contributed by atoms with van der Waals surface area (Å²) >= 11 is 0. The fourth-order valence-corrected chi connectivity index (χ4v) is 2.80. The Bertz CT molecular complexity index is 495. The highest BCUT2D eigenvalue weighted by molar-refractivity contribution is 5.58. The summed E-state index contributed by atoms with van der Waals surface area (Å²) in [6.07, 6.45) is 0. The maximum absolute atomic E-state index is 9.17. The molecule has 1 aromatic rings. The van der Waals surface area contributed by atoms with Gasteiger partial charge >= 0.3 is 0 Å². The summed E-state index contributed by atoms with van der Waals surface area (Å²) in [4.78, 5) is 2.38. The second kappa shape index (κ2) is 5.64. The normalized spacial score (nSPS) is 18.2. The molecule has 104 valence electrons. The van der Waals surface area contributed by atoms with Crippen molar-refractivity contribution in [3.63, 3.8) is 0 Å². The highest BCUT2D eigenvalue weighted by Crippen LogP contribution is 2.27. The van der Waals surface area contributed by atoms with E-state index in [9.17, 15) is 0 Å². The highest BCUT2D eigenvalue weighted by atomic mass is 16.5. The van der Waals surface area contributed by atoms with Gasteiger partial charge in [-0.3, -0.25) is 4.90 Å². The molecule has 2 heterocycles. The van der Waals surface area contributed by atoms with Gasteiger partial charge in [-0.05, 0) is 26.3 Å². The molecule has 2 N–H and O–H groups in total. The van der Waals surface area contributed by atoms with Crippen molar-refractivity contribution in [2.24, 2.45) is 0 Å². The summed E-state index contributed by atoms with van der Waals surface area (Å²) in [6.45, 7) is 10.6. The van der Waals surface area contributed by atoms with Gasteiger partial charge < -0.3 is 15.0 Å². The van der Waals surface area contributed by atoms with Gasteiger partial charge in [0, 0.05) is 31.4 Å². The second-order valence-corrected chi connectivity index (χ2v) is 5.21. The summed E-state index contributed by atoms with van der Waals surface area (Å²) in [5.41, 5.74) is 8.82. The quantitative estimate of drug-likeness (QED) is 0.895. The van der Waals surface area contributed by atoms with Gasteiger partial charge in [0.15, 0.2) is 0 Å². The van der Waals surface area contributed by atoms with Crippen molar-refractivity contribution in [3.8, 4) is 6.07 Å². The average Bonchev–Trinajstić information content (AvgIpc) is 2.61. The van der Waals surface area contributed by atoms with Crippen LogP contribution in [0.5, 0.6) is 0 Å². The molecule has 5 nitrogen and oxygen atoms in total.